The van der Waals surface area contributed by atoms with E-state index in [-0.39, 0.29) is 4.90 Å². The molecule has 0 radical (unpaired) electrons. The van der Waals surface area contributed by atoms with Gasteiger partial charge in [-0.3, -0.25) is 9.29 Å². The standard InChI is InChI=1S/C29H23N3O2S/c1-21-11-14-25(15-12-21)35(33,34)32-18-17-22-7-5-6-10-26(22)29(32)28-16-13-24-19-30-27(20-31(24)28)23-8-3-2-4-9-23/h2-20,29H,1H3/t29-/m1/s1. The highest BCUT2D eigenvalue weighted by Crippen LogP contribution is 2.40. The van der Waals surface area contributed by atoms with Gasteiger partial charge in [-0.05, 0) is 48.4 Å². The minimum absolute atomic E-state index is 0.268. The van der Waals surface area contributed by atoms with Crippen molar-refractivity contribution in [3.05, 3.63) is 132 Å². The van der Waals surface area contributed by atoms with Crippen LogP contribution in [0.15, 0.2) is 114 Å². The Morgan fingerprint density at radius 2 is 1.57 bits per heavy atom. The van der Waals surface area contributed by atoms with Crippen LogP contribution in [-0.2, 0) is 10.0 Å². The summed E-state index contributed by atoms with van der Waals surface area (Å²) in [6.07, 6.45) is 7.36. The average molecular weight is 478 g/mol. The first-order chi connectivity index (χ1) is 17.0. The Morgan fingerprint density at radius 3 is 2.37 bits per heavy atom. The molecule has 0 saturated heterocycles. The fourth-order valence-electron chi connectivity index (χ4n) is 4.64. The second-order valence-corrected chi connectivity index (χ2v) is 10.5. The van der Waals surface area contributed by atoms with E-state index < -0.39 is 16.1 Å². The molecule has 35 heavy (non-hydrogen) atoms. The number of aryl methyl sites for hydroxylation is 1. The van der Waals surface area contributed by atoms with Gasteiger partial charge in [0, 0.05) is 18.0 Å². The number of benzene rings is 3. The molecule has 1 atom stereocenters. The Hall–Kier alpha value is -4.16. The van der Waals surface area contributed by atoms with Crippen molar-refractivity contribution in [3.63, 3.8) is 0 Å². The highest BCUT2D eigenvalue weighted by molar-refractivity contribution is 7.89. The molecular formula is C29H23N3O2S. The summed E-state index contributed by atoms with van der Waals surface area (Å²) in [4.78, 5) is 4.91. The fraction of sp³-hybridized carbons (Fsp3) is 0.0690. The van der Waals surface area contributed by atoms with Crippen molar-refractivity contribution in [1.29, 1.82) is 0 Å². The van der Waals surface area contributed by atoms with Gasteiger partial charge in [0.15, 0.2) is 0 Å². The summed E-state index contributed by atoms with van der Waals surface area (Å²) in [7, 11) is -3.81. The molecule has 2 aromatic heterocycles. The average Bonchev–Trinajstić information content (AvgIpc) is 3.31. The van der Waals surface area contributed by atoms with Crippen LogP contribution in [0.25, 0.3) is 22.9 Å². The van der Waals surface area contributed by atoms with Crippen molar-refractivity contribution in [3.8, 4) is 11.3 Å². The zero-order chi connectivity index (χ0) is 24.0. The summed E-state index contributed by atoms with van der Waals surface area (Å²) in [5.74, 6) is 0. The first-order valence-corrected chi connectivity index (χ1v) is 12.9. The molecule has 0 amide bonds. The second-order valence-electron chi connectivity index (χ2n) is 8.69. The first-order valence-electron chi connectivity index (χ1n) is 11.4. The summed E-state index contributed by atoms with van der Waals surface area (Å²) in [6, 6.07) is 28.3. The Labute approximate surface area is 204 Å². The molecule has 6 heteroatoms. The lowest BCUT2D eigenvalue weighted by Crippen LogP contribution is -2.34. The largest absolute Gasteiger partial charge is 0.315 e. The molecule has 5 aromatic rings. The van der Waals surface area contributed by atoms with Crippen LogP contribution in [0.3, 0.4) is 0 Å². The fourth-order valence-corrected chi connectivity index (χ4v) is 6.08. The Bertz CT molecular complexity index is 1670. The summed E-state index contributed by atoms with van der Waals surface area (Å²) in [5, 5.41) is 0. The molecule has 3 heterocycles. The molecule has 5 nitrogen and oxygen atoms in total. The van der Waals surface area contributed by atoms with Gasteiger partial charge < -0.3 is 4.40 Å². The highest BCUT2D eigenvalue weighted by Gasteiger charge is 2.35. The van der Waals surface area contributed by atoms with Crippen molar-refractivity contribution in [1.82, 2.24) is 13.7 Å². The molecular weight excluding hydrogens is 454 g/mol. The van der Waals surface area contributed by atoms with E-state index in [0.717, 1.165) is 39.2 Å². The van der Waals surface area contributed by atoms with E-state index in [4.69, 9.17) is 0 Å². The summed E-state index contributed by atoms with van der Waals surface area (Å²) < 4.78 is 31.3. The summed E-state index contributed by atoms with van der Waals surface area (Å²) in [5.41, 5.74) is 6.53. The molecule has 0 saturated carbocycles. The maximum absolute atomic E-state index is 13.9. The van der Waals surface area contributed by atoms with Crippen molar-refractivity contribution in [2.75, 3.05) is 0 Å². The van der Waals surface area contributed by atoms with Crippen LogP contribution >= 0.6 is 0 Å². The zero-order valence-electron chi connectivity index (χ0n) is 19.1. The quantitative estimate of drug-likeness (QED) is 0.315. The predicted octanol–water partition coefficient (Wildman–Crippen LogP) is 6.07. The van der Waals surface area contributed by atoms with E-state index in [0.29, 0.717) is 0 Å². The van der Waals surface area contributed by atoms with Gasteiger partial charge in [-0.15, -0.1) is 0 Å². The Balaban J connectivity index is 1.55. The molecule has 0 spiro atoms. The van der Waals surface area contributed by atoms with Gasteiger partial charge >= 0.3 is 0 Å². The summed E-state index contributed by atoms with van der Waals surface area (Å²) >= 11 is 0. The first kappa shape index (κ1) is 21.4. The minimum atomic E-state index is -3.81. The van der Waals surface area contributed by atoms with Crippen LogP contribution in [0.5, 0.6) is 0 Å². The van der Waals surface area contributed by atoms with Gasteiger partial charge in [-0.2, -0.15) is 0 Å². The van der Waals surface area contributed by atoms with E-state index in [1.54, 1.807) is 18.3 Å². The molecule has 0 aliphatic carbocycles. The maximum atomic E-state index is 13.9. The maximum Gasteiger partial charge on any atom is 0.264 e. The van der Waals surface area contributed by atoms with E-state index in [1.807, 2.05) is 109 Å². The molecule has 3 aromatic carbocycles. The normalized spacial score (nSPS) is 15.3. The number of rotatable bonds is 4. The third kappa shape index (κ3) is 3.63. The number of hydrogen-bond acceptors (Lipinski definition) is 3. The molecule has 0 unspecified atom stereocenters. The van der Waals surface area contributed by atoms with Gasteiger partial charge in [0.25, 0.3) is 10.0 Å². The van der Waals surface area contributed by atoms with Crippen LogP contribution < -0.4 is 0 Å². The lowest BCUT2D eigenvalue weighted by molar-refractivity contribution is 0.439. The molecule has 1 aliphatic rings. The Kier molecular flexibility index (Phi) is 5.04. The molecule has 0 N–H and O–H groups in total. The van der Waals surface area contributed by atoms with Crippen LogP contribution in [0, 0.1) is 6.92 Å². The molecule has 1 aliphatic heterocycles. The number of fused-ring (bicyclic) bond motifs is 2. The molecule has 0 fully saturated rings. The zero-order valence-corrected chi connectivity index (χ0v) is 19.9. The molecule has 0 bridgehead atoms. The van der Waals surface area contributed by atoms with Gasteiger partial charge in [0.1, 0.15) is 6.04 Å². The number of sulfonamides is 1. The van der Waals surface area contributed by atoms with Crippen LogP contribution in [0.4, 0.5) is 0 Å². The SMILES string of the molecule is Cc1ccc(S(=O)(=O)N2C=Cc3ccccc3[C@@H]2c2ccc3cnc(-c4ccccc4)cn23)cc1. The van der Waals surface area contributed by atoms with E-state index in [2.05, 4.69) is 4.98 Å². The summed E-state index contributed by atoms with van der Waals surface area (Å²) in [6.45, 7) is 1.95. The minimum Gasteiger partial charge on any atom is -0.315 e. The number of aromatic nitrogens is 2. The van der Waals surface area contributed by atoms with Crippen LogP contribution in [0.2, 0.25) is 0 Å². The van der Waals surface area contributed by atoms with Crippen LogP contribution in [-0.4, -0.2) is 22.1 Å². The van der Waals surface area contributed by atoms with Crippen molar-refractivity contribution >= 4 is 21.6 Å². The van der Waals surface area contributed by atoms with E-state index in [9.17, 15) is 8.42 Å². The van der Waals surface area contributed by atoms with Crippen LogP contribution in [0.1, 0.15) is 28.4 Å². The topological polar surface area (TPSA) is 54.7 Å². The van der Waals surface area contributed by atoms with E-state index >= 15 is 0 Å². The second kappa shape index (κ2) is 8.25. The lowest BCUT2D eigenvalue weighted by Gasteiger charge is -2.34. The van der Waals surface area contributed by atoms with E-state index in [1.165, 1.54) is 4.31 Å². The predicted molar refractivity (Wildman–Crippen MR) is 138 cm³/mol. The van der Waals surface area contributed by atoms with Gasteiger partial charge in [-0.1, -0.05) is 72.3 Å². The van der Waals surface area contributed by atoms with Crippen molar-refractivity contribution in [2.24, 2.45) is 0 Å². The highest BCUT2D eigenvalue weighted by atomic mass is 32.2. The van der Waals surface area contributed by atoms with Gasteiger partial charge in [0.2, 0.25) is 0 Å². The Morgan fingerprint density at radius 1 is 0.829 bits per heavy atom. The van der Waals surface area contributed by atoms with Crippen molar-refractivity contribution < 1.29 is 8.42 Å². The van der Waals surface area contributed by atoms with Gasteiger partial charge in [0.05, 0.1) is 28.0 Å². The molecule has 6 rings (SSSR count). The van der Waals surface area contributed by atoms with Gasteiger partial charge in [-0.25, -0.2) is 8.42 Å². The number of nitrogens with zero attached hydrogens (tertiary/aromatic N) is 3. The third-order valence-corrected chi connectivity index (χ3v) is 8.22. The third-order valence-electron chi connectivity index (χ3n) is 6.46. The lowest BCUT2D eigenvalue weighted by atomic mass is 9.95. The van der Waals surface area contributed by atoms with Crippen molar-refractivity contribution in [2.45, 2.75) is 17.9 Å². The molecule has 172 valence electrons. The number of hydrogen-bond donors (Lipinski definition) is 0. The smallest absolute Gasteiger partial charge is 0.264 e. The monoisotopic (exact) mass is 477 g/mol.